The van der Waals surface area contributed by atoms with E-state index >= 15 is 0 Å². The fraction of sp³-hybridized carbons (Fsp3) is 0.333. The fourth-order valence-electron chi connectivity index (χ4n) is 3.38. The van der Waals surface area contributed by atoms with E-state index in [-0.39, 0.29) is 18.4 Å². The van der Waals surface area contributed by atoms with Crippen molar-refractivity contribution in [2.24, 2.45) is 0 Å². The lowest BCUT2D eigenvalue weighted by atomic mass is 9.95. The minimum absolute atomic E-state index is 0. The van der Waals surface area contributed by atoms with Gasteiger partial charge >= 0.3 is 0 Å². The summed E-state index contributed by atoms with van der Waals surface area (Å²) in [6.07, 6.45) is 1.74. The molecule has 25 heavy (non-hydrogen) atoms. The van der Waals surface area contributed by atoms with E-state index in [9.17, 15) is 8.42 Å². The summed E-state index contributed by atoms with van der Waals surface area (Å²) in [4.78, 5) is 0.302. The Hall–Kier alpha value is -1.60. The summed E-state index contributed by atoms with van der Waals surface area (Å²) in [6.45, 7) is 1.82. The topological polar surface area (TPSA) is 67.4 Å². The van der Waals surface area contributed by atoms with Gasteiger partial charge < -0.3 is 10.1 Å². The Kier molecular flexibility index (Phi) is 5.34. The molecule has 2 aromatic carbocycles. The number of ether oxygens (including phenoxy) is 1. The van der Waals surface area contributed by atoms with Crippen molar-refractivity contribution in [1.29, 1.82) is 0 Å². The summed E-state index contributed by atoms with van der Waals surface area (Å²) in [7, 11) is -3.53. The van der Waals surface area contributed by atoms with Crippen LogP contribution in [-0.2, 0) is 22.9 Å². The molecule has 0 aromatic heterocycles. The van der Waals surface area contributed by atoms with Gasteiger partial charge in [-0.2, -0.15) is 0 Å². The third-order valence-corrected chi connectivity index (χ3v) is 6.09. The maximum absolute atomic E-state index is 12.6. The van der Waals surface area contributed by atoms with Gasteiger partial charge in [0.05, 0.1) is 11.5 Å². The number of halogens is 1. The predicted octanol–water partition coefficient (Wildman–Crippen LogP) is 2.21. The molecule has 0 saturated heterocycles. The van der Waals surface area contributed by atoms with Crippen LogP contribution in [0.4, 0.5) is 0 Å². The molecule has 2 aromatic rings. The molecule has 4 rings (SSSR count). The Bertz CT molecular complexity index is 870. The van der Waals surface area contributed by atoms with Crippen molar-refractivity contribution in [2.45, 2.75) is 23.8 Å². The summed E-state index contributed by atoms with van der Waals surface area (Å²) in [5.41, 5.74) is 3.42. The van der Waals surface area contributed by atoms with E-state index in [1.165, 1.54) is 11.1 Å². The zero-order valence-corrected chi connectivity index (χ0v) is 15.3. The van der Waals surface area contributed by atoms with Crippen molar-refractivity contribution < 1.29 is 13.2 Å². The molecule has 5 nitrogen and oxygen atoms in total. The second-order valence-electron chi connectivity index (χ2n) is 6.18. The van der Waals surface area contributed by atoms with E-state index in [2.05, 4.69) is 22.2 Å². The Morgan fingerprint density at radius 1 is 1.12 bits per heavy atom. The first-order valence-corrected chi connectivity index (χ1v) is 9.68. The van der Waals surface area contributed by atoms with Crippen LogP contribution in [-0.4, -0.2) is 28.1 Å². The van der Waals surface area contributed by atoms with E-state index in [1.807, 2.05) is 12.1 Å². The normalized spacial score (nSPS) is 18.6. The van der Waals surface area contributed by atoms with Gasteiger partial charge in [-0.15, -0.1) is 12.4 Å². The van der Waals surface area contributed by atoms with Crippen LogP contribution in [0, 0.1) is 0 Å². The largest absolute Gasteiger partial charge is 0.493 e. The van der Waals surface area contributed by atoms with E-state index in [1.54, 1.807) is 18.2 Å². The van der Waals surface area contributed by atoms with Gasteiger partial charge in [-0.3, -0.25) is 0 Å². The highest BCUT2D eigenvalue weighted by Gasteiger charge is 2.23. The lowest BCUT2D eigenvalue weighted by Crippen LogP contribution is -2.38. The predicted molar refractivity (Wildman–Crippen MR) is 99.0 cm³/mol. The molecule has 1 atom stereocenters. The molecule has 0 saturated carbocycles. The Labute approximate surface area is 154 Å². The molecule has 0 aliphatic carbocycles. The van der Waals surface area contributed by atoms with Crippen molar-refractivity contribution in [1.82, 2.24) is 10.0 Å². The third-order valence-electron chi connectivity index (χ3n) is 4.66. The highest BCUT2D eigenvalue weighted by Crippen LogP contribution is 2.28. The minimum atomic E-state index is -3.53. The number of sulfonamides is 1. The molecule has 2 N–H and O–H groups in total. The van der Waals surface area contributed by atoms with Gasteiger partial charge in [0.2, 0.25) is 10.0 Å². The van der Waals surface area contributed by atoms with Crippen LogP contribution in [0.3, 0.4) is 0 Å². The first-order chi connectivity index (χ1) is 11.6. The summed E-state index contributed by atoms with van der Waals surface area (Å²) in [6, 6.07) is 13.3. The summed E-state index contributed by atoms with van der Waals surface area (Å²) >= 11 is 0. The van der Waals surface area contributed by atoms with E-state index in [0.717, 1.165) is 30.7 Å². The first kappa shape index (κ1) is 18.2. The third kappa shape index (κ3) is 3.67. The van der Waals surface area contributed by atoms with Crippen molar-refractivity contribution >= 4 is 22.4 Å². The molecule has 0 bridgehead atoms. The van der Waals surface area contributed by atoms with Crippen molar-refractivity contribution in [3.63, 3.8) is 0 Å². The van der Waals surface area contributed by atoms with Crippen LogP contribution >= 0.6 is 12.4 Å². The molecule has 0 radical (unpaired) electrons. The summed E-state index contributed by atoms with van der Waals surface area (Å²) < 4.78 is 33.4. The number of nitrogens with one attached hydrogen (secondary N) is 2. The Morgan fingerprint density at radius 3 is 2.84 bits per heavy atom. The number of rotatable bonds is 4. The van der Waals surface area contributed by atoms with Crippen molar-refractivity contribution in [2.75, 3.05) is 19.7 Å². The van der Waals surface area contributed by atoms with Crippen LogP contribution in [0.1, 0.15) is 22.7 Å². The molecule has 2 aliphatic heterocycles. The lowest BCUT2D eigenvalue weighted by molar-refractivity contribution is 0.356. The van der Waals surface area contributed by atoms with E-state index in [4.69, 9.17) is 4.74 Å². The van der Waals surface area contributed by atoms with E-state index < -0.39 is 10.0 Å². The minimum Gasteiger partial charge on any atom is -0.493 e. The number of hydrogen-bond acceptors (Lipinski definition) is 4. The molecule has 0 fully saturated rings. The molecule has 0 spiro atoms. The van der Waals surface area contributed by atoms with Crippen LogP contribution < -0.4 is 14.8 Å². The highest BCUT2D eigenvalue weighted by atomic mass is 35.5. The van der Waals surface area contributed by atoms with Gasteiger partial charge in [-0.05, 0) is 47.9 Å². The van der Waals surface area contributed by atoms with Gasteiger partial charge in [-0.25, -0.2) is 13.1 Å². The second-order valence-corrected chi connectivity index (χ2v) is 7.94. The molecular formula is C18H21ClN2O3S. The first-order valence-electron chi connectivity index (χ1n) is 8.20. The van der Waals surface area contributed by atoms with Crippen LogP contribution in [0.2, 0.25) is 0 Å². The molecular weight excluding hydrogens is 360 g/mol. The van der Waals surface area contributed by atoms with Gasteiger partial charge in [0.25, 0.3) is 0 Å². The highest BCUT2D eigenvalue weighted by molar-refractivity contribution is 7.89. The molecule has 2 heterocycles. The Morgan fingerprint density at radius 2 is 1.96 bits per heavy atom. The van der Waals surface area contributed by atoms with Crippen LogP contribution in [0.5, 0.6) is 5.75 Å². The zero-order chi connectivity index (χ0) is 16.6. The fourth-order valence-corrected chi connectivity index (χ4v) is 4.48. The number of hydrogen-bond donors (Lipinski definition) is 2. The number of benzene rings is 2. The summed E-state index contributed by atoms with van der Waals surface area (Å²) in [5, 5.41) is 3.39. The SMILES string of the molecule is Cl.O=S(=O)(NCC1NCCc2ccccc21)c1ccc2c(c1)CCO2. The lowest BCUT2D eigenvalue weighted by Gasteiger charge is -2.27. The van der Waals surface area contributed by atoms with Crippen LogP contribution in [0.15, 0.2) is 47.4 Å². The Balaban J connectivity index is 0.00000182. The van der Waals surface area contributed by atoms with Gasteiger partial charge in [0, 0.05) is 19.0 Å². The van der Waals surface area contributed by atoms with E-state index in [0.29, 0.717) is 18.0 Å². The maximum atomic E-state index is 12.6. The smallest absolute Gasteiger partial charge is 0.240 e. The van der Waals surface area contributed by atoms with Crippen molar-refractivity contribution in [3.05, 3.63) is 59.2 Å². The van der Waals surface area contributed by atoms with Gasteiger partial charge in [-0.1, -0.05) is 24.3 Å². The van der Waals surface area contributed by atoms with Gasteiger partial charge in [0.15, 0.2) is 0 Å². The molecule has 1 unspecified atom stereocenters. The molecule has 134 valence electrons. The van der Waals surface area contributed by atoms with Crippen molar-refractivity contribution in [3.8, 4) is 5.75 Å². The van der Waals surface area contributed by atoms with Gasteiger partial charge in [0.1, 0.15) is 5.75 Å². The standard InChI is InChI=1S/C18H20N2O3S.ClH/c21-24(22,15-5-6-18-14(11-15)8-10-23-18)20-12-17-16-4-2-1-3-13(16)7-9-19-17;/h1-6,11,17,19-20H,7-10,12H2;1H. The average molecular weight is 381 g/mol. The molecule has 0 amide bonds. The monoisotopic (exact) mass is 380 g/mol. The quantitative estimate of drug-likeness (QED) is 0.853. The molecule has 2 aliphatic rings. The molecule has 7 heteroatoms. The second kappa shape index (κ2) is 7.33. The average Bonchev–Trinajstić information content (AvgIpc) is 3.07. The summed E-state index contributed by atoms with van der Waals surface area (Å²) in [5.74, 6) is 0.789. The zero-order valence-electron chi connectivity index (χ0n) is 13.7. The number of fused-ring (bicyclic) bond motifs is 2. The maximum Gasteiger partial charge on any atom is 0.240 e. The van der Waals surface area contributed by atoms with Crippen LogP contribution in [0.25, 0.3) is 0 Å².